The molecule has 2 heteroatoms. The molecule has 0 aliphatic heterocycles. The first kappa shape index (κ1) is 11.3. The highest BCUT2D eigenvalue weighted by Gasteiger charge is 2.04. The minimum Gasteiger partial charge on any atom is -0.206 e. The summed E-state index contributed by atoms with van der Waals surface area (Å²) in [7, 11) is 0. The zero-order valence-corrected chi connectivity index (χ0v) is 9.40. The molecule has 0 heterocycles. The molecule has 0 bridgehead atoms. The van der Waals surface area contributed by atoms with E-state index in [4.69, 9.17) is 11.6 Å². The van der Waals surface area contributed by atoms with Crippen LogP contribution in [-0.4, -0.2) is 5.38 Å². The molecule has 0 spiro atoms. The van der Waals surface area contributed by atoms with E-state index in [0.29, 0.717) is 11.1 Å². The lowest BCUT2D eigenvalue weighted by Crippen LogP contribution is -1.94. The molecule has 0 amide bonds. The van der Waals surface area contributed by atoms with Gasteiger partial charge in [-0.2, -0.15) is 0 Å². The van der Waals surface area contributed by atoms with Crippen molar-refractivity contribution in [1.29, 1.82) is 0 Å². The summed E-state index contributed by atoms with van der Waals surface area (Å²) in [5, 5.41) is -0.0603. The van der Waals surface area contributed by atoms with Crippen molar-refractivity contribution in [2.75, 3.05) is 0 Å². The Labute approximate surface area is 89.4 Å². The van der Waals surface area contributed by atoms with E-state index in [1.54, 1.807) is 25.1 Å². The number of allylic oxidation sites excluding steroid dienone is 1. The highest BCUT2D eigenvalue weighted by atomic mass is 35.5. The lowest BCUT2D eigenvalue weighted by molar-refractivity contribution is 0.615. The van der Waals surface area contributed by atoms with Crippen molar-refractivity contribution in [2.24, 2.45) is 0 Å². The Morgan fingerprint density at radius 3 is 2.71 bits per heavy atom. The van der Waals surface area contributed by atoms with Crippen LogP contribution in [0.3, 0.4) is 0 Å². The Kier molecular flexibility index (Phi) is 3.70. The van der Waals surface area contributed by atoms with Crippen molar-refractivity contribution in [3.63, 3.8) is 0 Å². The largest absolute Gasteiger partial charge is 0.206 e. The number of alkyl halides is 1. The van der Waals surface area contributed by atoms with Crippen LogP contribution >= 0.6 is 11.6 Å². The molecule has 76 valence electrons. The first-order valence-electron chi connectivity index (χ1n) is 4.59. The van der Waals surface area contributed by atoms with Gasteiger partial charge in [0.25, 0.3) is 0 Å². The Bertz CT molecular complexity index is 353. The molecule has 1 unspecified atom stereocenters. The molecule has 1 aromatic carbocycles. The number of halogens is 2. The molecule has 0 radical (unpaired) electrons. The number of benzene rings is 1. The van der Waals surface area contributed by atoms with E-state index < -0.39 is 0 Å². The number of rotatable bonds is 2. The maximum Gasteiger partial charge on any atom is 0.133 e. The lowest BCUT2D eigenvalue weighted by atomic mass is 10.1. The molecule has 0 aromatic heterocycles. The fourth-order valence-corrected chi connectivity index (χ4v) is 1.20. The molecule has 14 heavy (non-hydrogen) atoms. The van der Waals surface area contributed by atoms with Gasteiger partial charge in [0.1, 0.15) is 5.82 Å². The van der Waals surface area contributed by atoms with Crippen molar-refractivity contribution in [3.8, 4) is 0 Å². The van der Waals surface area contributed by atoms with Gasteiger partial charge in [0, 0.05) is 5.56 Å². The molecule has 1 aromatic rings. The summed E-state index contributed by atoms with van der Waals surface area (Å²) in [5.41, 5.74) is 2.24. The maximum atomic E-state index is 13.5. The summed E-state index contributed by atoms with van der Waals surface area (Å²) in [6.45, 7) is 5.53. The molecular formula is C12H14ClF. The van der Waals surface area contributed by atoms with E-state index in [0.717, 1.165) is 5.57 Å². The van der Waals surface area contributed by atoms with Gasteiger partial charge in [-0.05, 0) is 26.3 Å². The third-order valence-corrected chi connectivity index (χ3v) is 2.58. The minimum atomic E-state index is -0.163. The van der Waals surface area contributed by atoms with Crippen molar-refractivity contribution >= 4 is 17.7 Å². The van der Waals surface area contributed by atoms with E-state index in [1.807, 2.05) is 19.9 Å². The third kappa shape index (κ3) is 2.58. The van der Waals surface area contributed by atoms with Crippen molar-refractivity contribution < 1.29 is 4.39 Å². The monoisotopic (exact) mass is 212 g/mol. The van der Waals surface area contributed by atoms with Gasteiger partial charge in [-0.3, -0.25) is 0 Å². The van der Waals surface area contributed by atoms with E-state index in [9.17, 15) is 4.39 Å². The molecule has 1 rings (SSSR count). The average molecular weight is 213 g/mol. The van der Waals surface area contributed by atoms with Crippen LogP contribution in [-0.2, 0) is 0 Å². The smallest absolute Gasteiger partial charge is 0.133 e. The first-order valence-corrected chi connectivity index (χ1v) is 5.03. The second kappa shape index (κ2) is 4.61. The molecule has 0 saturated heterocycles. The molecule has 0 N–H and O–H groups in total. The lowest BCUT2D eigenvalue weighted by Gasteiger charge is -2.05. The fraction of sp³-hybridized carbons (Fsp3) is 0.333. The van der Waals surface area contributed by atoms with Gasteiger partial charge in [0.15, 0.2) is 0 Å². The third-order valence-electron chi connectivity index (χ3n) is 2.23. The van der Waals surface area contributed by atoms with Crippen LogP contribution in [0.4, 0.5) is 4.39 Å². The second-order valence-electron chi connectivity index (χ2n) is 3.48. The highest BCUT2D eigenvalue weighted by Crippen LogP contribution is 2.18. The Morgan fingerprint density at radius 1 is 1.50 bits per heavy atom. The van der Waals surface area contributed by atoms with Gasteiger partial charge in [-0.15, -0.1) is 11.6 Å². The topological polar surface area (TPSA) is 0 Å². The zero-order valence-electron chi connectivity index (χ0n) is 8.64. The summed E-state index contributed by atoms with van der Waals surface area (Å²) >= 11 is 5.88. The van der Waals surface area contributed by atoms with Crippen LogP contribution in [0.5, 0.6) is 0 Å². The molecule has 0 aliphatic carbocycles. The Morgan fingerprint density at radius 2 is 2.14 bits per heavy atom. The molecular weight excluding hydrogens is 199 g/mol. The Hall–Kier alpha value is -0.820. The predicted molar refractivity (Wildman–Crippen MR) is 60.1 cm³/mol. The number of aryl methyl sites for hydroxylation is 1. The quantitative estimate of drug-likeness (QED) is 0.646. The molecule has 0 fully saturated rings. The maximum absolute atomic E-state index is 13.5. The van der Waals surface area contributed by atoms with Gasteiger partial charge < -0.3 is 0 Å². The molecule has 1 atom stereocenters. The normalized spacial score (nSPS) is 14.2. The second-order valence-corrected chi connectivity index (χ2v) is 4.14. The van der Waals surface area contributed by atoms with Crippen LogP contribution in [0.2, 0.25) is 0 Å². The van der Waals surface area contributed by atoms with Gasteiger partial charge in [0.05, 0.1) is 5.38 Å². The van der Waals surface area contributed by atoms with E-state index >= 15 is 0 Å². The summed E-state index contributed by atoms with van der Waals surface area (Å²) in [5.74, 6) is -0.163. The van der Waals surface area contributed by atoms with Gasteiger partial charge in [0.2, 0.25) is 0 Å². The summed E-state index contributed by atoms with van der Waals surface area (Å²) in [4.78, 5) is 0. The molecule has 0 aliphatic rings. The van der Waals surface area contributed by atoms with Gasteiger partial charge in [-0.25, -0.2) is 4.39 Å². The van der Waals surface area contributed by atoms with Crippen LogP contribution in [0.25, 0.3) is 6.08 Å². The van der Waals surface area contributed by atoms with E-state index in [2.05, 4.69) is 0 Å². The van der Waals surface area contributed by atoms with Crippen LogP contribution in [0.15, 0.2) is 23.8 Å². The van der Waals surface area contributed by atoms with E-state index in [1.165, 1.54) is 0 Å². The zero-order chi connectivity index (χ0) is 10.7. The standard InChI is InChI=1S/C12H14ClF/c1-8-5-4-6-11(12(8)14)7-9(2)10(3)13/h4-7,10H,1-3H3/b9-7+. The highest BCUT2D eigenvalue weighted by molar-refractivity contribution is 6.22. The van der Waals surface area contributed by atoms with Crippen LogP contribution in [0, 0.1) is 12.7 Å². The first-order chi connectivity index (χ1) is 6.52. The fourth-order valence-electron chi connectivity index (χ4n) is 1.14. The molecule has 0 saturated carbocycles. The van der Waals surface area contributed by atoms with Crippen molar-refractivity contribution in [1.82, 2.24) is 0 Å². The predicted octanol–water partition coefficient (Wildman–Crippen LogP) is 4.16. The minimum absolute atomic E-state index is 0.0603. The molecule has 0 nitrogen and oxygen atoms in total. The number of hydrogen-bond acceptors (Lipinski definition) is 0. The average Bonchev–Trinajstić information content (AvgIpc) is 2.12. The van der Waals surface area contributed by atoms with Gasteiger partial charge >= 0.3 is 0 Å². The number of hydrogen-bond donors (Lipinski definition) is 0. The van der Waals surface area contributed by atoms with Gasteiger partial charge in [-0.1, -0.05) is 29.8 Å². The van der Waals surface area contributed by atoms with E-state index in [-0.39, 0.29) is 11.2 Å². The van der Waals surface area contributed by atoms with Crippen LogP contribution in [0.1, 0.15) is 25.0 Å². The Balaban J connectivity index is 3.09. The summed E-state index contributed by atoms with van der Waals surface area (Å²) in [6.07, 6.45) is 1.79. The summed E-state index contributed by atoms with van der Waals surface area (Å²) < 4.78 is 13.5. The van der Waals surface area contributed by atoms with Crippen molar-refractivity contribution in [2.45, 2.75) is 26.1 Å². The van der Waals surface area contributed by atoms with Crippen molar-refractivity contribution in [3.05, 3.63) is 40.7 Å². The van der Waals surface area contributed by atoms with Crippen LogP contribution < -0.4 is 0 Å². The SMILES string of the molecule is C/C(=C\c1cccc(C)c1F)C(C)Cl. The summed E-state index contributed by atoms with van der Waals surface area (Å²) in [6, 6.07) is 5.35.